The molecule has 0 aliphatic heterocycles. The van der Waals surface area contributed by atoms with Gasteiger partial charge in [-0.25, -0.2) is 0 Å². The molecule has 0 spiro atoms. The molecule has 1 rings (SSSR count). The lowest BCUT2D eigenvalue weighted by Gasteiger charge is -2.18. The van der Waals surface area contributed by atoms with E-state index in [-0.39, 0.29) is 0 Å². The largest absolute Gasteiger partial charge is 0.378 e. The second-order valence-corrected chi connectivity index (χ2v) is 3.85. The third-order valence-corrected chi connectivity index (χ3v) is 2.48. The molecular weight excluding hydrogens is 196 g/mol. The fourth-order valence-electron chi connectivity index (χ4n) is 1.51. The van der Waals surface area contributed by atoms with Crippen LogP contribution in [-0.4, -0.2) is 25.7 Å². The molecule has 0 bridgehead atoms. The monoisotopic (exact) mass is 214 g/mol. The molecule has 0 radical (unpaired) electrons. The van der Waals surface area contributed by atoms with Crippen molar-refractivity contribution in [1.29, 1.82) is 0 Å². The normalized spacial score (nSPS) is 9.62. The smallest absolute Gasteiger partial charge is 0.0632 e. The molecule has 0 fully saturated rings. The molecular formula is C14H18N2. The van der Waals surface area contributed by atoms with Crippen LogP contribution in [-0.2, 0) is 6.54 Å². The summed E-state index contributed by atoms with van der Waals surface area (Å²) in [6, 6.07) is 6.18. The number of hydrogen-bond acceptors (Lipinski definition) is 2. The minimum atomic E-state index is 0.634. The SMILES string of the molecule is C=Cc1cc(CN=C)ccc1C(=C)N(C)C. The van der Waals surface area contributed by atoms with E-state index in [1.54, 1.807) is 0 Å². The average Bonchev–Trinajstić information content (AvgIpc) is 2.28. The number of rotatable bonds is 5. The zero-order valence-corrected chi connectivity index (χ0v) is 10.0. The summed E-state index contributed by atoms with van der Waals surface area (Å²) in [7, 11) is 3.96. The van der Waals surface area contributed by atoms with Crippen molar-refractivity contribution in [2.75, 3.05) is 14.1 Å². The molecule has 0 aliphatic rings. The van der Waals surface area contributed by atoms with Gasteiger partial charge in [0.1, 0.15) is 0 Å². The van der Waals surface area contributed by atoms with Gasteiger partial charge in [0.25, 0.3) is 0 Å². The first-order chi connectivity index (χ1) is 7.60. The van der Waals surface area contributed by atoms with Crippen LogP contribution in [0.15, 0.2) is 36.3 Å². The zero-order valence-electron chi connectivity index (χ0n) is 10.0. The molecule has 0 atom stereocenters. The molecule has 16 heavy (non-hydrogen) atoms. The van der Waals surface area contributed by atoms with Crippen molar-refractivity contribution in [3.8, 4) is 0 Å². The summed E-state index contributed by atoms with van der Waals surface area (Å²) in [5.74, 6) is 0. The van der Waals surface area contributed by atoms with E-state index in [2.05, 4.69) is 37.0 Å². The van der Waals surface area contributed by atoms with E-state index in [0.717, 1.165) is 22.4 Å². The Kier molecular flexibility index (Phi) is 4.06. The van der Waals surface area contributed by atoms with E-state index in [1.165, 1.54) is 0 Å². The minimum Gasteiger partial charge on any atom is -0.378 e. The number of aliphatic imine (C=N–C) groups is 1. The molecule has 0 N–H and O–H groups in total. The van der Waals surface area contributed by atoms with Crippen molar-refractivity contribution in [2.24, 2.45) is 4.99 Å². The molecule has 1 aromatic carbocycles. The topological polar surface area (TPSA) is 15.6 Å². The fourth-order valence-corrected chi connectivity index (χ4v) is 1.51. The van der Waals surface area contributed by atoms with Crippen LogP contribution in [0.2, 0.25) is 0 Å². The summed E-state index contributed by atoms with van der Waals surface area (Å²) in [5, 5.41) is 0. The Bertz CT molecular complexity index is 417. The molecule has 0 heterocycles. The van der Waals surface area contributed by atoms with Crippen molar-refractivity contribution in [3.63, 3.8) is 0 Å². The van der Waals surface area contributed by atoms with E-state index < -0.39 is 0 Å². The maximum atomic E-state index is 4.05. The zero-order chi connectivity index (χ0) is 12.1. The van der Waals surface area contributed by atoms with Crippen LogP contribution < -0.4 is 0 Å². The average molecular weight is 214 g/mol. The predicted molar refractivity (Wildman–Crippen MR) is 72.5 cm³/mol. The van der Waals surface area contributed by atoms with Gasteiger partial charge in [-0.05, 0) is 23.9 Å². The van der Waals surface area contributed by atoms with E-state index >= 15 is 0 Å². The van der Waals surface area contributed by atoms with Crippen LogP contribution in [0, 0.1) is 0 Å². The number of hydrogen-bond donors (Lipinski definition) is 0. The highest BCUT2D eigenvalue weighted by Crippen LogP contribution is 2.22. The maximum absolute atomic E-state index is 4.05. The van der Waals surface area contributed by atoms with Gasteiger partial charge in [0.2, 0.25) is 0 Å². The van der Waals surface area contributed by atoms with Crippen LogP contribution in [0.25, 0.3) is 11.8 Å². The van der Waals surface area contributed by atoms with E-state index in [4.69, 9.17) is 0 Å². The molecule has 0 aliphatic carbocycles. The van der Waals surface area contributed by atoms with E-state index in [0.29, 0.717) is 6.54 Å². The molecule has 2 nitrogen and oxygen atoms in total. The standard InChI is InChI=1S/C14H18N2/c1-6-13-9-12(10-15-3)7-8-14(13)11(2)16(4)5/h6-9H,1-3,10H2,4-5H3. The minimum absolute atomic E-state index is 0.634. The van der Waals surface area contributed by atoms with Crippen LogP contribution in [0.3, 0.4) is 0 Å². The molecule has 1 aromatic rings. The van der Waals surface area contributed by atoms with Gasteiger partial charge < -0.3 is 4.90 Å². The highest BCUT2D eigenvalue weighted by atomic mass is 15.1. The summed E-state index contributed by atoms with van der Waals surface area (Å²) in [6.45, 7) is 12.0. The second kappa shape index (κ2) is 5.31. The fraction of sp³-hybridized carbons (Fsp3) is 0.214. The first-order valence-electron chi connectivity index (χ1n) is 5.14. The lowest BCUT2D eigenvalue weighted by Crippen LogP contribution is -2.09. The molecule has 2 heteroatoms. The summed E-state index contributed by atoms with van der Waals surface area (Å²) < 4.78 is 0. The summed E-state index contributed by atoms with van der Waals surface area (Å²) >= 11 is 0. The number of benzene rings is 1. The summed E-state index contributed by atoms with van der Waals surface area (Å²) in [5.41, 5.74) is 4.31. The van der Waals surface area contributed by atoms with Crippen LogP contribution in [0.4, 0.5) is 0 Å². The van der Waals surface area contributed by atoms with Crippen LogP contribution >= 0.6 is 0 Å². The third kappa shape index (κ3) is 2.60. The Morgan fingerprint density at radius 3 is 2.62 bits per heavy atom. The Hall–Kier alpha value is -1.83. The van der Waals surface area contributed by atoms with Crippen molar-refractivity contribution in [2.45, 2.75) is 6.54 Å². The van der Waals surface area contributed by atoms with Gasteiger partial charge in [-0.3, -0.25) is 4.99 Å². The highest BCUT2D eigenvalue weighted by Gasteiger charge is 2.06. The Morgan fingerprint density at radius 2 is 2.12 bits per heavy atom. The van der Waals surface area contributed by atoms with E-state index in [9.17, 15) is 0 Å². The lowest BCUT2D eigenvalue weighted by molar-refractivity contribution is 0.593. The van der Waals surface area contributed by atoms with Crippen molar-refractivity contribution < 1.29 is 0 Å². The number of nitrogens with zero attached hydrogens (tertiary/aromatic N) is 2. The maximum Gasteiger partial charge on any atom is 0.0632 e. The second-order valence-electron chi connectivity index (χ2n) is 3.85. The van der Waals surface area contributed by atoms with Gasteiger partial charge in [-0.1, -0.05) is 31.4 Å². The quantitative estimate of drug-likeness (QED) is 0.688. The van der Waals surface area contributed by atoms with Gasteiger partial charge in [0.05, 0.1) is 6.54 Å². The first kappa shape index (κ1) is 12.2. The van der Waals surface area contributed by atoms with Gasteiger partial charge in [0.15, 0.2) is 0 Å². The van der Waals surface area contributed by atoms with Crippen LogP contribution in [0.1, 0.15) is 16.7 Å². The Morgan fingerprint density at radius 1 is 1.44 bits per heavy atom. The molecule has 0 unspecified atom stereocenters. The van der Waals surface area contributed by atoms with Crippen molar-refractivity contribution in [3.05, 3.63) is 48.0 Å². The Balaban J connectivity index is 3.16. The summed E-state index contributed by atoms with van der Waals surface area (Å²) in [4.78, 5) is 5.87. The molecule has 84 valence electrons. The van der Waals surface area contributed by atoms with Gasteiger partial charge in [0, 0.05) is 25.4 Å². The van der Waals surface area contributed by atoms with Gasteiger partial charge >= 0.3 is 0 Å². The molecule has 0 saturated carbocycles. The molecule has 0 saturated heterocycles. The van der Waals surface area contributed by atoms with Gasteiger partial charge in [-0.15, -0.1) is 0 Å². The van der Waals surface area contributed by atoms with Crippen molar-refractivity contribution >= 4 is 18.5 Å². The Labute approximate surface area is 97.6 Å². The predicted octanol–water partition coefficient (Wildman–Crippen LogP) is 3.06. The first-order valence-corrected chi connectivity index (χ1v) is 5.14. The lowest BCUT2D eigenvalue weighted by atomic mass is 10.0. The van der Waals surface area contributed by atoms with E-state index in [1.807, 2.05) is 31.1 Å². The highest BCUT2D eigenvalue weighted by molar-refractivity contribution is 5.71. The summed E-state index contributed by atoms with van der Waals surface area (Å²) in [6.07, 6.45) is 1.84. The molecule has 0 aromatic heterocycles. The van der Waals surface area contributed by atoms with Crippen LogP contribution in [0.5, 0.6) is 0 Å². The van der Waals surface area contributed by atoms with Gasteiger partial charge in [-0.2, -0.15) is 0 Å². The molecule has 0 amide bonds. The van der Waals surface area contributed by atoms with Crippen molar-refractivity contribution in [1.82, 2.24) is 4.90 Å². The third-order valence-electron chi connectivity index (χ3n) is 2.48.